The highest BCUT2D eigenvalue weighted by Gasteiger charge is 2.17. The van der Waals surface area contributed by atoms with Gasteiger partial charge in [-0.25, -0.2) is 4.79 Å². The molecule has 3 rings (SSSR count). The number of benzene rings is 2. The largest absolute Gasteiger partial charge is 0.494 e. The average molecular weight is 342 g/mol. The normalized spacial score (nSPS) is 10.8. The van der Waals surface area contributed by atoms with Crippen molar-refractivity contribution in [1.29, 1.82) is 0 Å². The Morgan fingerprint density at radius 2 is 1.96 bits per heavy atom. The van der Waals surface area contributed by atoms with Crippen LogP contribution in [0.1, 0.15) is 17.3 Å². The number of non-ortho nitro benzene ring substituents is 1. The van der Waals surface area contributed by atoms with Gasteiger partial charge in [-0.15, -0.1) is 0 Å². The van der Waals surface area contributed by atoms with Crippen LogP contribution in [-0.4, -0.2) is 21.9 Å². The topological polar surface area (TPSA) is 105 Å². The number of Topliss-reactive ketones (excluding diaryl/α,β-unsaturated/α-hetero) is 1. The summed E-state index contributed by atoms with van der Waals surface area (Å²) in [5.41, 5.74) is 0.610. The molecule has 0 fully saturated rings. The van der Waals surface area contributed by atoms with Gasteiger partial charge in [0.2, 0.25) is 0 Å². The van der Waals surface area contributed by atoms with E-state index in [-0.39, 0.29) is 29.1 Å². The number of carbonyl (C=O) groups excluding carboxylic acids is 1. The Balaban J connectivity index is 1.92. The molecule has 8 heteroatoms. The smallest absolute Gasteiger partial charge is 0.420 e. The first kappa shape index (κ1) is 16.4. The van der Waals surface area contributed by atoms with E-state index < -0.39 is 10.7 Å². The highest BCUT2D eigenvalue weighted by Crippen LogP contribution is 2.20. The van der Waals surface area contributed by atoms with Gasteiger partial charge >= 0.3 is 5.76 Å². The van der Waals surface area contributed by atoms with Crippen molar-refractivity contribution < 1.29 is 18.9 Å². The van der Waals surface area contributed by atoms with Crippen LogP contribution in [-0.2, 0) is 6.54 Å². The summed E-state index contributed by atoms with van der Waals surface area (Å²) in [4.78, 5) is 34.7. The number of carbonyl (C=O) groups is 1. The molecule has 25 heavy (non-hydrogen) atoms. The quantitative estimate of drug-likeness (QED) is 0.387. The molecule has 0 unspecified atom stereocenters. The van der Waals surface area contributed by atoms with Crippen molar-refractivity contribution in [1.82, 2.24) is 4.57 Å². The highest BCUT2D eigenvalue weighted by atomic mass is 16.6. The molecule has 0 amide bonds. The van der Waals surface area contributed by atoms with Gasteiger partial charge in [-0.2, -0.15) is 0 Å². The van der Waals surface area contributed by atoms with Gasteiger partial charge in [-0.3, -0.25) is 19.5 Å². The molecular weight excluding hydrogens is 328 g/mol. The number of nitro benzene ring substituents is 1. The molecule has 0 aliphatic heterocycles. The van der Waals surface area contributed by atoms with E-state index in [0.29, 0.717) is 17.9 Å². The van der Waals surface area contributed by atoms with E-state index in [9.17, 15) is 19.7 Å². The molecule has 0 N–H and O–H groups in total. The number of hydrogen-bond donors (Lipinski definition) is 0. The van der Waals surface area contributed by atoms with Gasteiger partial charge < -0.3 is 9.15 Å². The molecule has 8 nitrogen and oxygen atoms in total. The Hall–Kier alpha value is -3.42. The van der Waals surface area contributed by atoms with Crippen molar-refractivity contribution >= 4 is 22.6 Å². The van der Waals surface area contributed by atoms with Crippen LogP contribution in [0.25, 0.3) is 11.1 Å². The summed E-state index contributed by atoms with van der Waals surface area (Å²) in [5.74, 6) is -0.422. The molecule has 3 aromatic rings. The molecule has 1 aromatic heterocycles. The number of nitrogens with zero attached hydrogens (tertiary/aromatic N) is 2. The van der Waals surface area contributed by atoms with Crippen molar-refractivity contribution in [2.45, 2.75) is 13.5 Å². The highest BCUT2D eigenvalue weighted by molar-refractivity contribution is 5.96. The lowest BCUT2D eigenvalue weighted by Crippen LogP contribution is -2.20. The van der Waals surface area contributed by atoms with Gasteiger partial charge in [0.05, 0.1) is 23.6 Å². The monoisotopic (exact) mass is 342 g/mol. The minimum absolute atomic E-state index is 0.185. The van der Waals surface area contributed by atoms with Gasteiger partial charge in [0.25, 0.3) is 5.69 Å². The van der Waals surface area contributed by atoms with Crippen LogP contribution >= 0.6 is 0 Å². The maximum Gasteiger partial charge on any atom is 0.420 e. The number of aromatic nitrogens is 1. The van der Waals surface area contributed by atoms with Crippen LogP contribution in [0.4, 0.5) is 5.69 Å². The predicted octanol–water partition coefficient (Wildman–Crippen LogP) is 2.78. The number of oxazole rings is 1. The minimum Gasteiger partial charge on any atom is -0.494 e. The maximum atomic E-state index is 12.4. The lowest BCUT2D eigenvalue weighted by molar-refractivity contribution is -0.384. The summed E-state index contributed by atoms with van der Waals surface area (Å²) in [5, 5.41) is 10.9. The SMILES string of the molecule is CCOc1ccc(C(=O)Cn2c(=O)oc3ccc([N+](=O)[O-])cc32)cc1. The van der Waals surface area contributed by atoms with Gasteiger partial charge in [0, 0.05) is 17.7 Å². The standard InChI is InChI=1S/C17H14N2O6/c1-2-24-13-6-3-11(4-7-13)15(20)10-18-14-9-12(19(22)23)5-8-16(14)25-17(18)21/h3-9H,2,10H2,1H3. The fourth-order valence-corrected chi connectivity index (χ4v) is 2.45. The van der Waals surface area contributed by atoms with Crippen molar-refractivity contribution in [3.63, 3.8) is 0 Å². The van der Waals surface area contributed by atoms with Gasteiger partial charge in [0.1, 0.15) is 5.75 Å². The first-order valence-electron chi connectivity index (χ1n) is 7.53. The number of fused-ring (bicyclic) bond motifs is 1. The fraction of sp³-hybridized carbons (Fsp3) is 0.176. The van der Waals surface area contributed by atoms with Crippen LogP contribution < -0.4 is 10.5 Å². The van der Waals surface area contributed by atoms with Crippen molar-refractivity contribution in [3.8, 4) is 5.75 Å². The minimum atomic E-state index is -0.741. The Bertz CT molecular complexity index is 1000. The number of ether oxygens (including phenoxy) is 1. The first-order chi connectivity index (χ1) is 12.0. The Morgan fingerprint density at radius 3 is 2.60 bits per heavy atom. The maximum absolute atomic E-state index is 12.4. The molecule has 0 atom stereocenters. The van der Waals surface area contributed by atoms with Gasteiger partial charge in [-0.05, 0) is 37.3 Å². The van der Waals surface area contributed by atoms with Gasteiger partial charge in [-0.1, -0.05) is 0 Å². The second kappa shape index (κ2) is 6.60. The lowest BCUT2D eigenvalue weighted by atomic mass is 10.1. The molecule has 0 aliphatic rings. The Morgan fingerprint density at radius 1 is 1.24 bits per heavy atom. The summed E-state index contributed by atoms with van der Waals surface area (Å²) in [6, 6.07) is 10.3. The molecule has 0 radical (unpaired) electrons. The number of rotatable bonds is 6. The first-order valence-corrected chi connectivity index (χ1v) is 7.53. The zero-order valence-electron chi connectivity index (χ0n) is 13.3. The number of ketones is 1. The second-order valence-electron chi connectivity index (χ2n) is 5.24. The summed E-state index contributed by atoms with van der Waals surface area (Å²) in [6.07, 6.45) is 0. The van der Waals surface area contributed by atoms with Crippen LogP contribution in [0.2, 0.25) is 0 Å². The van der Waals surface area contributed by atoms with Crippen LogP contribution in [0, 0.1) is 10.1 Å². The van der Waals surface area contributed by atoms with Crippen molar-refractivity contribution in [2.75, 3.05) is 6.61 Å². The van der Waals surface area contributed by atoms with E-state index in [2.05, 4.69) is 0 Å². The third-order valence-electron chi connectivity index (χ3n) is 3.65. The molecule has 0 saturated heterocycles. The number of hydrogen-bond acceptors (Lipinski definition) is 6. The summed E-state index contributed by atoms with van der Waals surface area (Å²) in [6.45, 7) is 2.10. The summed E-state index contributed by atoms with van der Waals surface area (Å²) >= 11 is 0. The molecule has 0 bridgehead atoms. The zero-order valence-corrected chi connectivity index (χ0v) is 13.3. The molecule has 0 spiro atoms. The zero-order chi connectivity index (χ0) is 18.0. The molecule has 0 aliphatic carbocycles. The van der Waals surface area contributed by atoms with E-state index in [1.807, 2.05) is 6.92 Å². The summed E-state index contributed by atoms with van der Waals surface area (Å²) < 4.78 is 11.4. The van der Waals surface area contributed by atoms with Crippen molar-refractivity contribution in [2.24, 2.45) is 0 Å². The molecule has 1 heterocycles. The Labute approximate surface area is 141 Å². The Kier molecular flexibility index (Phi) is 4.34. The molecule has 2 aromatic carbocycles. The molecule has 128 valence electrons. The van der Waals surface area contributed by atoms with E-state index in [0.717, 1.165) is 4.57 Å². The molecule has 0 saturated carbocycles. The lowest BCUT2D eigenvalue weighted by Gasteiger charge is -2.05. The van der Waals surface area contributed by atoms with Crippen LogP contribution in [0.5, 0.6) is 5.75 Å². The fourth-order valence-electron chi connectivity index (χ4n) is 2.45. The predicted molar refractivity (Wildman–Crippen MR) is 89.1 cm³/mol. The van der Waals surface area contributed by atoms with Crippen LogP contribution in [0.15, 0.2) is 51.7 Å². The second-order valence-corrected chi connectivity index (χ2v) is 5.24. The van der Waals surface area contributed by atoms with Crippen LogP contribution in [0.3, 0.4) is 0 Å². The third kappa shape index (κ3) is 3.27. The third-order valence-corrected chi connectivity index (χ3v) is 3.65. The van der Waals surface area contributed by atoms with E-state index in [4.69, 9.17) is 9.15 Å². The van der Waals surface area contributed by atoms with E-state index >= 15 is 0 Å². The average Bonchev–Trinajstić information content (AvgIpc) is 2.90. The number of nitro groups is 1. The molecular formula is C17H14N2O6. The van der Waals surface area contributed by atoms with E-state index in [1.54, 1.807) is 24.3 Å². The van der Waals surface area contributed by atoms with E-state index in [1.165, 1.54) is 18.2 Å². The summed E-state index contributed by atoms with van der Waals surface area (Å²) in [7, 11) is 0. The van der Waals surface area contributed by atoms with Crippen molar-refractivity contribution in [3.05, 3.63) is 68.7 Å². The van der Waals surface area contributed by atoms with Gasteiger partial charge in [0.15, 0.2) is 11.4 Å².